The number of carbonyl (C=O) groups excluding carboxylic acids is 2. The van der Waals surface area contributed by atoms with Gasteiger partial charge in [-0.15, -0.1) is 0 Å². The van der Waals surface area contributed by atoms with Crippen LogP contribution in [-0.2, 0) is 6.18 Å². The molecule has 154 valence electrons. The summed E-state index contributed by atoms with van der Waals surface area (Å²) in [6.07, 6.45) is -4.56. The molecule has 0 spiro atoms. The van der Waals surface area contributed by atoms with Gasteiger partial charge in [0.25, 0.3) is 5.91 Å². The van der Waals surface area contributed by atoms with Gasteiger partial charge in [-0.25, -0.2) is 4.79 Å². The summed E-state index contributed by atoms with van der Waals surface area (Å²) in [6.45, 7) is 1.00. The Bertz CT molecular complexity index is 894. The zero-order chi connectivity index (χ0) is 21.0. The van der Waals surface area contributed by atoms with Crippen molar-refractivity contribution in [3.05, 3.63) is 59.7 Å². The van der Waals surface area contributed by atoms with Gasteiger partial charge in [-0.2, -0.15) is 13.2 Å². The lowest BCUT2D eigenvalue weighted by molar-refractivity contribution is -0.136. The molecule has 29 heavy (non-hydrogen) atoms. The van der Waals surface area contributed by atoms with Crippen LogP contribution in [0.1, 0.15) is 15.9 Å². The number of nitrogens with one attached hydrogen (secondary N) is 1. The number of urea groups is 1. The van der Waals surface area contributed by atoms with Crippen molar-refractivity contribution in [2.75, 3.05) is 38.6 Å². The molecule has 0 atom stereocenters. The van der Waals surface area contributed by atoms with Crippen molar-refractivity contribution < 1.29 is 27.5 Å². The number of hydrogen-bond donors (Lipinski definition) is 1. The van der Waals surface area contributed by atoms with Gasteiger partial charge in [-0.3, -0.25) is 4.79 Å². The van der Waals surface area contributed by atoms with Crippen LogP contribution in [0.2, 0.25) is 0 Å². The number of hydrogen-bond acceptors (Lipinski definition) is 3. The number of nitrogens with zero attached hydrogens (tertiary/aromatic N) is 2. The molecule has 1 N–H and O–H groups in total. The number of piperazine rings is 1. The summed E-state index contributed by atoms with van der Waals surface area (Å²) in [5.74, 6) is 0.378. The third-order valence-electron chi connectivity index (χ3n) is 4.64. The van der Waals surface area contributed by atoms with E-state index < -0.39 is 17.8 Å². The van der Waals surface area contributed by atoms with E-state index in [0.29, 0.717) is 11.3 Å². The molecule has 1 fully saturated rings. The van der Waals surface area contributed by atoms with Gasteiger partial charge in [0, 0.05) is 31.7 Å². The molecule has 1 saturated heterocycles. The smallest absolute Gasteiger partial charge is 0.418 e. The predicted octanol–water partition coefficient (Wildman–Crippen LogP) is 3.70. The largest absolute Gasteiger partial charge is 0.497 e. The van der Waals surface area contributed by atoms with Crippen LogP contribution in [0.4, 0.5) is 23.7 Å². The first-order valence-electron chi connectivity index (χ1n) is 8.95. The number of methoxy groups -OCH3 is 1. The standard InChI is InChI=1S/C20H20F3N3O3/c1-29-15-6-4-5-14(13-15)18(27)25-9-11-26(12-10-25)19(28)24-17-8-3-2-7-16(17)20(21,22)23/h2-8,13H,9-12H2,1H3,(H,24,28). The minimum absolute atomic E-state index is 0.189. The number of ether oxygens (including phenoxy) is 1. The minimum Gasteiger partial charge on any atom is -0.497 e. The van der Waals surface area contributed by atoms with Crippen LogP contribution in [0.25, 0.3) is 0 Å². The summed E-state index contributed by atoms with van der Waals surface area (Å²) < 4.78 is 44.4. The van der Waals surface area contributed by atoms with E-state index in [1.807, 2.05) is 0 Å². The Morgan fingerprint density at radius 2 is 1.62 bits per heavy atom. The average molecular weight is 407 g/mol. The predicted molar refractivity (Wildman–Crippen MR) is 101 cm³/mol. The van der Waals surface area contributed by atoms with Gasteiger partial charge in [0.2, 0.25) is 0 Å². The number of para-hydroxylation sites is 1. The highest BCUT2D eigenvalue weighted by Crippen LogP contribution is 2.34. The van der Waals surface area contributed by atoms with Crippen LogP contribution >= 0.6 is 0 Å². The van der Waals surface area contributed by atoms with Crippen molar-refractivity contribution in [3.8, 4) is 5.75 Å². The van der Waals surface area contributed by atoms with Crippen LogP contribution < -0.4 is 10.1 Å². The normalized spacial score (nSPS) is 14.5. The number of benzene rings is 2. The molecule has 3 rings (SSSR count). The van der Waals surface area contributed by atoms with E-state index in [1.165, 1.54) is 30.2 Å². The Kier molecular flexibility index (Phi) is 5.95. The summed E-state index contributed by atoms with van der Waals surface area (Å²) in [6, 6.07) is 11.0. The highest BCUT2D eigenvalue weighted by Gasteiger charge is 2.34. The van der Waals surface area contributed by atoms with Crippen LogP contribution in [0.15, 0.2) is 48.5 Å². The Labute approximate surface area is 165 Å². The van der Waals surface area contributed by atoms with Crippen LogP contribution in [0.5, 0.6) is 5.75 Å². The quantitative estimate of drug-likeness (QED) is 0.844. The van der Waals surface area contributed by atoms with E-state index in [1.54, 1.807) is 29.2 Å². The van der Waals surface area contributed by atoms with Gasteiger partial charge < -0.3 is 19.9 Å². The molecule has 1 heterocycles. The third-order valence-corrected chi connectivity index (χ3v) is 4.64. The maximum absolute atomic E-state index is 13.1. The molecule has 3 amide bonds. The van der Waals surface area contributed by atoms with Crippen molar-refractivity contribution in [1.82, 2.24) is 9.80 Å². The molecule has 0 aromatic heterocycles. The zero-order valence-corrected chi connectivity index (χ0v) is 15.7. The topological polar surface area (TPSA) is 61.9 Å². The highest BCUT2D eigenvalue weighted by molar-refractivity contribution is 5.95. The molecule has 1 aliphatic rings. The molecular formula is C20H20F3N3O3. The van der Waals surface area contributed by atoms with Crippen molar-refractivity contribution in [3.63, 3.8) is 0 Å². The molecule has 1 aliphatic heterocycles. The van der Waals surface area contributed by atoms with Crippen molar-refractivity contribution in [2.45, 2.75) is 6.18 Å². The molecule has 0 saturated carbocycles. The Morgan fingerprint density at radius 3 is 2.28 bits per heavy atom. The van der Waals surface area contributed by atoms with Gasteiger partial charge in [0.1, 0.15) is 5.75 Å². The number of amides is 3. The molecule has 2 aromatic rings. The lowest BCUT2D eigenvalue weighted by Crippen LogP contribution is -2.51. The maximum Gasteiger partial charge on any atom is 0.418 e. The second-order valence-electron chi connectivity index (χ2n) is 6.48. The first-order chi connectivity index (χ1) is 13.8. The lowest BCUT2D eigenvalue weighted by atomic mass is 10.1. The van der Waals surface area contributed by atoms with E-state index in [9.17, 15) is 22.8 Å². The minimum atomic E-state index is -4.56. The number of alkyl halides is 3. The van der Waals surface area contributed by atoms with Crippen LogP contribution in [-0.4, -0.2) is 55.0 Å². The van der Waals surface area contributed by atoms with Gasteiger partial charge in [-0.1, -0.05) is 18.2 Å². The fraction of sp³-hybridized carbons (Fsp3) is 0.300. The summed E-state index contributed by atoms with van der Waals surface area (Å²) in [5.41, 5.74) is -0.721. The Hall–Kier alpha value is -3.23. The number of halogens is 3. The third kappa shape index (κ3) is 4.79. The zero-order valence-electron chi connectivity index (χ0n) is 15.7. The molecule has 9 heteroatoms. The highest BCUT2D eigenvalue weighted by atomic mass is 19.4. The van der Waals surface area contributed by atoms with Crippen LogP contribution in [0, 0.1) is 0 Å². The second-order valence-corrected chi connectivity index (χ2v) is 6.48. The van der Waals surface area contributed by atoms with Crippen molar-refractivity contribution in [1.29, 1.82) is 0 Å². The first kappa shape index (κ1) is 20.5. The average Bonchev–Trinajstić information content (AvgIpc) is 2.73. The van der Waals surface area contributed by atoms with Gasteiger partial charge >= 0.3 is 12.2 Å². The summed E-state index contributed by atoms with van der Waals surface area (Å²) in [7, 11) is 1.51. The van der Waals surface area contributed by atoms with Crippen LogP contribution in [0.3, 0.4) is 0 Å². The van der Waals surface area contributed by atoms with E-state index in [0.717, 1.165) is 6.07 Å². The van der Waals surface area contributed by atoms with Crippen molar-refractivity contribution in [2.24, 2.45) is 0 Å². The number of carbonyl (C=O) groups is 2. The fourth-order valence-electron chi connectivity index (χ4n) is 3.08. The maximum atomic E-state index is 13.1. The Morgan fingerprint density at radius 1 is 0.966 bits per heavy atom. The molecule has 0 aliphatic carbocycles. The Balaban J connectivity index is 1.61. The molecule has 0 unspecified atom stereocenters. The monoisotopic (exact) mass is 407 g/mol. The summed E-state index contributed by atoms with van der Waals surface area (Å²) in [5, 5.41) is 2.32. The lowest BCUT2D eigenvalue weighted by Gasteiger charge is -2.35. The SMILES string of the molecule is COc1cccc(C(=O)N2CCN(C(=O)Nc3ccccc3C(F)(F)F)CC2)c1. The first-order valence-corrected chi connectivity index (χ1v) is 8.95. The van der Waals surface area contributed by atoms with E-state index in [4.69, 9.17) is 4.74 Å². The number of rotatable bonds is 3. The van der Waals surface area contributed by atoms with E-state index in [2.05, 4.69) is 5.32 Å². The molecule has 0 radical (unpaired) electrons. The summed E-state index contributed by atoms with van der Waals surface area (Å²) in [4.78, 5) is 28.0. The molecular weight excluding hydrogens is 387 g/mol. The van der Waals surface area contributed by atoms with E-state index >= 15 is 0 Å². The van der Waals surface area contributed by atoms with Gasteiger partial charge in [0.05, 0.1) is 18.4 Å². The van der Waals surface area contributed by atoms with E-state index in [-0.39, 0.29) is 37.8 Å². The van der Waals surface area contributed by atoms with Gasteiger partial charge in [0.15, 0.2) is 0 Å². The number of anilines is 1. The fourth-order valence-corrected chi connectivity index (χ4v) is 3.08. The summed E-state index contributed by atoms with van der Waals surface area (Å²) >= 11 is 0. The molecule has 6 nitrogen and oxygen atoms in total. The second kappa shape index (κ2) is 8.42. The molecule has 0 bridgehead atoms. The van der Waals surface area contributed by atoms with Gasteiger partial charge in [-0.05, 0) is 30.3 Å². The van der Waals surface area contributed by atoms with Crippen molar-refractivity contribution >= 4 is 17.6 Å². The molecule has 2 aromatic carbocycles.